The second-order valence-corrected chi connectivity index (χ2v) is 4.70. The molecule has 60 valence electrons. The van der Waals surface area contributed by atoms with E-state index in [4.69, 9.17) is 17.3 Å². The van der Waals surface area contributed by atoms with Crippen molar-refractivity contribution in [2.45, 2.75) is 25.3 Å². The van der Waals surface area contributed by atoms with E-state index in [0.717, 1.165) is 10.8 Å². The van der Waals surface area contributed by atoms with Crippen LogP contribution in [0, 0.1) is 0 Å². The van der Waals surface area contributed by atoms with Crippen LogP contribution in [0.4, 0.5) is 0 Å². The summed E-state index contributed by atoms with van der Waals surface area (Å²) in [6.07, 6.45) is 3.49. The van der Waals surface area contributed by atoms with E-state index in [0.29, 0.717) is 0 Å². The van der Waals surface area contributed by atoms with Gasteiger partial charge >= 0.3 is 0 Å². The van der Waals surface area contributed by atoms with Crippen LogP contribution < -0.4 is 5.73 Å². The maximum Gasteiger partial charge on any atom is 0.0934 e. The molecule has 2 rings (SSSR count). The Morgan fingerprint density at radius 1 is 1.64 bits per heavy atom. The van der Waals surface area contributed by atoms with Crippen molar-refractivity contribution in [2.75, 3.05) is 0 Å². The Kier molecular flexibility index (Phi) is 1.91. The molecule has 0 radical (unpaired) electrons. The summed E-state index contributed by atoms with van der Waals surface area (Å²) in [4.78, 5) is 1.40. The van der Waals surface area contributed by atoms with Crippen LogP contribution in [0.25, 0.3) is 0 Å². The highest BCUT2D eigenvalue weighted by Gasteiger charge is 2.18. The lowest BCUT2D eigenvalue weighted by Gasteiger charge is -2.17. The topological polar surface area (TPSA) is 26.0 Å². The van der Waals surface area contributed by atoms with Crippen LogP contribution in [0.3, 0.4) is 0 Å². The molecular formula is C8H10ClNS. The number of hydrogen-bond donors (Lipinski definition) is 1. The van der Waals surface area contributed by atoms with E-state index in [1.807, 2.05) is 6.07 Å². The predicted molar refractivity (Wildman–Crippen MR) is 49.2 cm³/mol. The van der Waals surface area contributed by atoms with Gasteiger partial charge in [-0.1, -0.05) is 11.6 Å². The Morgan fingerprint density at radius 2 is 2.45 bits per heavy atom. The lowest BCUT2D eigenvalue weighted by molar-refractivity contribution is 0.578. The quantitative estimate of drug-likeness (QED) is 0.664. The summed E-state index contributed by atoms with van der Waals surface area (Å²) in [5.41, 5.74) is 7.19. The molecule has 11 heavy (non-hydrogen) atoms. The second-order valence-electron chi connectivity index (χ2n) is 2.93. The van der Waals surface area contributed by atoms with E-state index in [9.17, 15) is 0 Å². The van der Waals surface area contributed by atoms with Gasteiger partial charge in [0.05, 0.1) is 4.34 Å². The zero-order valence-electron chi connectivity index (χ0n) is 6.14. The van der Waals surface area contributed by atoms with Gasteiger partial charge in [-0.25, -0.2) is 0 Å². The Hall–Kier alpha value is -0.0500. The molecule has 1 aromatic heterocycles. The Balaban J connectivity index is 2.43. The SMILES string of the molecule is N[C@@H]1CCCc2sc(Cl)cc21. The highest BCUT2D eigenvalue weighted by molar-refractivity contribution is 7.16. The minimum Gasteiger partial charge on any atom is -0.324 e. The van der Waals surface area contributed by atoms with E-state index in [1.165, 1.54) is 23.3 Å². The number of thiophene rings is 1. The maximum atomic E-state index is 5.91. The molecule has 0 fully saturated rings. The molecular weight excluding hydrogens is 178 g/mol. The highest BCUT2D eigenvalue weighted by Crippen LogP contribution is 2.36. The molecule has 1 aliphatic rings. The predicted octanol–water partition coefficient (Wildman–Crippen LogP) is 2.74. The van der Waals surface area contributed by atoms with Gasteiger partial charge in [0.2, 0.25) is 0 Å². The maximum absolute atomic E-state index is 5.91. The third-order valence-electron chi connectivity index (χ3n) is 2.13. The number of halogens is 1. The zero-order chi connectivity index (χ0) is 7.84. The fraction of sp³-hybridized carbons (Fsp3) is 0.500. The van der Waals surface area contributed by atoms with Crippen LogP contribution in [0.15, 0.2) is 6.07 Å². The van der Waals surface area contributed by atoms with E-state index >= 15 is 0 Å². The number of hydrogen-bond acceptors (Lipinski definition) is 2. The number of aryl methyl sites for hydroxylation is 1. The molecule has 0 spiro atoms. The van der Waals surface area contributed by atoms with E-state index in [1.54, 1.807) is 11.3 Å². The first-order valence-corrected chi connectivity index (χ1v) is 5.00. The molecule has 0 bridgehead atoms. The molecule has 1 aromatic rings. The van der Waals surface area contributed by atoms with Gasteiger partial charge in [0, 0.05) is 10.9 Å². The van der Waals surface area contributed by atoms with Gasteiger partial charge in [-0.05, 0) is 30.9 Å². The van der Waals surface area contributed by atoms with Crippen LogP contribution in [0.5, 0.6) is 0 Å². The molecule has 0 saturated carbocycles. The first kappa shape index (κ1) is 7.59. The summed E-state index contributed by atoms with van der Waals surface area (Å²) in [6.45, 7) is 0. The third-order valence-corrected chi connectivity index (χ3v) is 3.47. The van der Waals surface area contributed by atoms with Crippen LogP contribution in [-0.2, 0) is 6.42 Å². The standard InChI is InChI=1S/C8H10ClNS/c9-8-4-5-6(10)2-1-3-7(5)11-8/h4,6H,1-3,10H2/t6-/m1/s1. The molecule has 0 unspecified atom stereocenters. The lowest BCUT2D eigenvalue weighted by Crippen LogP contribution is -2.14. The summed E-state index contributed by atoms with van der Waals surface area (Å²) >= 11 is 7.56. The van der Waals surface area contributed by atoms with Crippen molar-refractivity contribution in [3.63, 3.8) is 0 Å². The van der Waals surface area contributed by atoms with E-state index in [-0.39, 0.29) is 6.04 Å². The second kappa shape index (κ2) is 2.77. The minimum absolute atomic E-state index is 0.238. The first-order valence-electron chi connectivity index (χ1n) is 3.81. The van der Waals surface area contributed by atoms with Gasteiger partial charge in [-0.2, -0.15) is 0 Å². The van der Waals surface area contributed by atoms with Gasteiger partial charge in [0.1, 0.15) is 0 Å². The summed E-state index contributed by atoms with van der Waals surface area (Å²) in [6, 6.07) is 2.26. The summed E-state index contributed by atoms with van der Waals surface area (Å²) in [7, 11) is 0. The van der Waals surface area contributed by atoms with Crippen molar-refractivity contribution < 1.29 is 0 Å². The minimum atomic E-state index is 0.238. The number of rotatable bonds is 0. The van der Waals surface area contributed by atoms with Crippen LogP contribution in [0.1, 0.15) is 29.3 Å². The van der Waals surface area contributed by atoms with Gasteiger partial charge in [0.15, 0.2) is 0 Å². The van der Waals surface area contributed by atoms with Crippen LogP contribution in [-0.4, -0.2) is 0 Å². The number of nitrogens with two attached hydrogens (primary N) is 1. The molecule has 0 saturated heterocycles. The molecule has 0 aromatic carbocycles. The fourth-order valence-electron chi connectivity index (χ4n) is 1.56. The monoisotopic (exact) mass is 187 g/mol. The molecule has 3 heteroatoms. The van der Waals surface area contributed by atoms with Crippen molar-refractivity contribution >= 4 is 22.9 Å². The van der Waals surface area contributed by atoms with E-state index in [2.05, 4.69) is 0 Å². The lowest BCUT2D eigenvalue weighted by atomic mass is 9.95. The van der Waals surface area contributed by atoms with Crippen molar-refractivity contribution in [1.29, 1.82) is 0 Å². The Morgan fingerprint density at radius 3 is 3.18 bits per heavy atom. The van der Waals surface area contributed by atoms with Gasteiger partial charge < -0.3 is 5.73 Å². The molecule has 1 atom stereocenters. The average molecular weight is 188 g/mol. The van der Waals surface area contributed by atoms with Crippen molar-refractivity contribution in [2.24, 2.45) is 5.73 Å². The average Bonchev–Trinajstić information content (AvgIpc) is 2.31. The van der Waals surface area contributed by atoms with E-state index < -0.39 is 0 Å². The van der Waals surface area contributed by atoms with Crippen LogP contribution in [0.2, 0.25) is 4.34 Å². The normalized spacial score (nSPS) is 23.3. The largest absolute Gasteiger partial charge is 0.324 e. The Labute approximate surface area is 75.2 Å². The molecule has 1 aliphatic carbocycles. The fourth-order valence-corrected chi connectivity index (χ4v) is 2.95. The summed E-state index contributed by atoms with van der Waals surface area (Å²) in [5, 5.41) is 0. The molecule has 0 amide bonds. The van der Waals surface area contributed by atoms with Gasteiger partial charge in [0.25, 0.3) is 0 Å². The van der Waals surface area contributed by atoms with Crippen LogP contribution >= 0.6 is 22.9 Å². The zero-order valence-corrected chi connectivity index (χ0v) is 7.71. The summed E-state index contributed by atoms with van der Waals surface area (Å²) < 4.78 is 0.882. The van der Waals surface area contributed by atoms with Crippen molar-refractivity contribution in [1.82, 2.24) is 0 Å². The first-order chi connectivity index (χ1) is 5.27. The molecule has 0 aliphatic heterocycles. The molecule has 1 heterocycles. The highest BCUT2D eigenvalue weighted by atomic mass is 35.5. The van der Waals surface area contributed by atoms with Gasteiger partial charge in [-0.15, -0.1) is 11.3 Å². The van der Waals surface area contributed by atoms with Crippen molar-refractivity contribution in [3.05, 3.63) is 20.8 Å². The smallest absolute Gasteiger partial charge is 0.0934 e. The Bertz CT molecular complexity index is 269. The third kappa shape index (κ3) is 1.31. The number of fused-ring (bicyclic) bond motifs is 1. The molecule has 2 N–H and O–H groups in total. The van der Waals surface area contributed by atoms with Gasteiger partial charge in [-0.3, -0.25) is 0 Å². The van der Waals surface area contributed by atoms with Crippen molar-refractivity contribution in [3.8, 4) is 0 Å². The summed E-state index contributed by atoms with van der Waals surface area (Å²) in [5.74, 6) is 0. The molecule has 1 nitrogen and oxygen atoms in total.